The summed E-state index contributed by atoms with van der Waals surface area (Å²) in [6.45, 7) is 5.89. The highest BCUT2D eigenvalue weighted by Gasteiger charge is 2.26. The van der Waals surface area contributed by atoms with E-state index in [1.165, 1.54) is 24.1 Å². The molecule has 2 saturated heterocycles. The number of likely N-dealkylation sites (tertiary alicyclic amines) is 2. The van der Waals surface area contributed by atoms with Gasteiger partial charge in [-0.05, 0) is 63.0 Å². The van der Waals surface area contributed by atoms with E-state index in [2.05, 4.69) is 49.2 Å². The Morgan fingerprint density at radius 2 is 1.97 bits per heavy atom. The molecule has 1 aromatic carbocycles. The molecule has 4 heteroatoms. The number of aryl methyl sites for hydroxylation is 1. The Balaban J connectivity index is 1.30. The predicted molar refractivity (Wildman–Crippen MR) is 117 cm³/mol. The number of carbonyl (C=O) groups is 1. The highest BCUT2D eigenvalue weighted by atomic mass is 16.5. The van der Waals surface area contributed by atoms with Gasteiger partial charge < -0.3 is 14.5 Å². The van der Waals surface area contributed by atoms with Gasteiger partial charge in [-0.15, -0.1) is 0 Å². The molecular weight excluding hydrogens is 360 g/mol. The maximum absolute atomic E-state index is 13.0. The molecule has 29 heavy (non-hydrogen) atoms. The van der Waals surface area contributed by atoms with Crippen LogP contribution >= 0.6 is 0 Å². The maximum Gasteiger partial charge on any atom is 0.253 e. The van der Waals surface area contributed by atoms with Crippen molar-refractivity contribution in [1.29, 1.82) is 0 Å². The number of amides is 1. The van der Waals surface area contributed by atoms with E-state index < -0.39 is 0 Å². The highest BCUT2D eigenvalue weighted by molar-refractivity contribution is 5.96. The molecule has 0 radical (unpaired) electrons. The molecule has 3 aliphatic rings. The lowest BCUT2D eigenvalue weighted by atomic mass is 9.95. The van der Waals surface area contributed by atoms with Gasteiger partial charge in [0.1, 0.15) is 11.9 Å². The Morgan fingerprint density at radius 1 is 1.14 bits per heavy atom. The quantitative estimate of drug-likeness (QED) is 0.772. The maximum atomic E-state index is 13.0. The third kappa shape index (κ3) is 4.99. The summed E-state index contributed by atoms with van der Waals surface area (Å²) in [6, 6.07) is 8.19. The van der Waals surface area contributed by atoms with Crippen LogP contribution in [-0.2, 0) is 4.79 Å². The fourth-order valence-corrected chi connectivity index (χ4v) is 4.58. The van der Waals surface area contributed by atoms with Crippen LogP contribution in [-0.4, -0.2) is 55.0 Å². The molecule has 1 atom stereocenters. The van der Waals surface area contributed by atoms with Crippen molar-refractivity contribution in [2.24, 2.45) is 5.92 Å². The summed E-state index contributed by atoms with van der Waals surface area (Å²) in [5.74, 6) is 1.72. The second-order valence-electron chi connectivity index (χ2n) is 8.64. The molecule has 0 aromatic heterocycles. The van der Waals surface area contributed by atoms with Crippen molar-refractivity contribution >= 4 is 5.91 Å². The highest BCUT2D eigenvalue weighted by Crippen LogP contribution is 2.28. The summed E-state index contributed by atoms with van der Waals surface area (Å²) in [5.41, 5.74) is 3.50. The Labute approximate surface area is 174 Å². The zero-order valence-electron chi connectivity index (χ0n) is 17.6. The Hall–Kier alpha value is -2.33. The van der Waals surface area contributed by atoms with E-state index >= 15 is 0 Å². The van der Waals surface area contributed by atoms with Crippen LogP contribution in [0.15, 0.2) is 59.7 Å². The lowest BCUT2D eigenvalue weighted by molar-refractivity contribution is -0.128. The second kappa shape index (κ2) is 9.00. The minimum absolute atomic E-state index is 0.161. The van der Waals surface area contributed by atoms with Crippen molar-refractivity contribution in [3.8, 4) is 5.75 Å². The number of piperidine rings is 1. The number of hydrogen-bond acceptors (Lipinski definition) is 3. The average Bonchev–Trinajstić information content (AvgIpc) is 3.00. The fraction of sp³-hybridized carbons (Fsp3) is 0.480. The third-order valence-electron chi connectivity index (χ3n) is 6.33. The van der Waals surface area contributed by atoms with E-state index in [4.69, 9.17) is 4.74 Å². The molecule has 4 nitrogen and oxygen atoms in total. The monoisotopic (exact) mass is 392 g/mol. The second-order valence-corrected chi connectivity index (χ2v) is 8.64. The summed E-state index contributed by atoms with van der Waals surface area (Å²) < 4.78 is 6.13. The Morgan fingerprint density at radius 3 is 2.69 bits per heavy atom. The smallest absolute Gasteiger partial charge is 0.253 e. The molecule has 154 valence electrons. The van der Waals surface area contributed by atoms with Crippen molar-refractivity contribution in [2.75, 3.05) is 33.2 Å². The number of ether oxygens (including phenoxy) is 1. The SMILES string of the molecule is Cc1cccc(OC2CCN(C(=O)C3=CCC(C4CCN(C)C4)=CC=C3)CC2)c1. The predicted octanol–water partition coefficient (Wildman–Crippen LogP) is 4.13. The molecule has 0 saturated carbocycles. The van der Waals surface area contributed by atoms with Gasteiger partial charge in [-0.25, -0.2) is 0 Å². The van der Waals surface area contributed by atoms with Gasteiger partial charge in [-0.1, -0.05) is 35.9 Å². The van der Waals surface area contributed by atoms with Gasteiger partial charge in [0.2, 0.25) is 0 Å². The third-order valence-corrected chi connectivity index (χ3v) is 6.33. The first-order valence-corrected chi connectivity index (χ1v) is 10.9. The van der Waals surface area contributed by atoms with E-state index in [-0.39, 0.29) is 12.0 Å². The van der Waals surface area contributed by atoms with E-state index in [9.17, 15) is 4.79 Å². The first-order chi connectivity index (χ1) is 14.1. The van der Waals surface area contributed by atoms with Crippen LogP contribution in [0.2, 0.25) is 0 Å². The summed E-state index contributed by atoms with van der Waals surface area (Å²) >= 11 is 0. The number of benzene rings is 1. The van der Waals surface area contributed by atoms with Crippen LogP contribution in [0.1, 0.15) is 31.2 Å². The summed E-state index contributed by atoms with van der Waals surface area (Å²) in [6.07, 6.45) is 12.5. The minimum Gasteiger partial charge on any atom is -0.490 e. The number of nitrogens with zero attached hydrogens (tertiary/aromatic N) is 2. The first-order valence-electron chi connectivity index (χ1n) is 10.9. The van der Waals surface area contributed by atoms with Crippen LogP contribution in [0.3, 0.4) is 0 Å². The standard InChI is InChI=1S/C25H32N2O2/c1-19-5-3-8-24(17-19)29-23-12-15-27(16-13-23)25(28)21-7-4-6-20(9-10-21)22-11-14-26(2)18-22/h3-8,10,17,22-23H,9,11-16,18H2,1-2H3. The van der Waals surface area contributed by atoms with Gasteiger partial charge in [-0.3, -0.25) is 4.79 Å². The van der Waals surface area contributed by atoms with Crippen molar-refractivity contribution in [3.05, 3.63) is 65.3 Å². The number of allylic oxidation sites excluding steroid dienone is 3. The minimum atomic E-state index is 0.161. The van der Waals surface area contributed by atoms with Crippen molar-refractivity contribution in [2.45, 2.75) is 38.7 Å². The molecule has 4 rings (SSSR count). The van der Waals surface area contributed by atoms with E-state index in [1.807, 2.05) is 23.1 Å². The van der Waals surface area contributed by atoms with Crippen molar-refractivity contribution < 1.29 is 9.53 Å². The molecule has 2 aliphatic heterocycles. The van der Waals surface area contributed by atoms with Crippen LogP contribution in [0.25, 0.3) is 0 Å². The normalized spacial score (nSPS) is 23.5. The van der Waals surface area contributed by atoms with Gasteiger partial charge in [0.05, 0.1) is 0 Å². The fourth-order valence-electron chi connectivity index (χ4n) is 4.58. The van der Waals surface area contributed by atoms with Gasteiger partial charge in [0.15, 0.2) is 0 Å². The summed E-state index contributed by atoms with van der Waals surface area (Å²) in [7, 11) is 2.18. The molecule has 0 N–H and O–H groups in total. The topological polar surface area (TPSA) is 32.8 Å². The lowest BCUT2D eigenvalue weighted by Crippen LogP contribution is -2.42. The first kappa shape index (κ1) is 20.0. The Kier molecular flexibility index (Phi) is 6.19. The van der Waals surface area contributed by atoms with E-state index in [0.717, 1.165) is 50.2 Å². The van der Waals surface area contributed by atoms with Gasteiger partial charge in [-0.2, -0.15) is 0 Å². The van der Waals surface area contributed by atoms with Crippen LogP contribution in [0.5, 0.6) is 5.75 Å². The average molecular weight is 393 g/mol. The molecule has 1 amide bonds. The molecule has 1 aromatic rings. The summed E-state index contributed by atoms with van der Waals surface area (Å²) in [5, 5.41) is 0. The largest absolute Gasteiger partial charge is 0.490 e. The van der Waals surface area contributed by atoms with Crippen LogP contribution < -0.4 is 4.74 Å². The van der Waals surface area contributed by atoms with E-state index in [0.29, 0.717) is 5.92 Å². The summed E-state index contributed by atoms with van der Waals surface area (Å²) in [4.78, 5) is 17.4. The van der Waals surface area contributed by atoms with Crippen molar-refractivity contribution in [1.82, 2.24) is 9.80 Å². The molecule has 1 unspecified atom stereocenters. The van der Waals surface area contributed by atoms with E-state index in [1.54, 1.807) is 0 Å². The molecule has 2 fully saturated rings. The van der Waals surface area contributed by atoms with Crippen LogP contribution in [0, 0.1) is 12.8 Å². The van der Waals surface area contributed by atoms with Crippen molar-refractivity contribution in [3.63, 3.8) is 0 Å². The van der Waals surface area contributed by atoms with Gasteiger partial charge in [0.25, 0.3) is 5.91 Å². The number of rotatable bonds is 4. The number of carbonyl (C=O) groups excluding carboxylic acids is 1. The van der Waals surface area contributed by atoms with Crippen LogP contribution in [0.4, 0.5) is 0 Å². The molecule has 1 aliphatic carbocycles. The zero-order chi connectivity index (χ0) is 20.2. The molecular formula is C25H32N2O2. The molecule has 0 spiro atoms. The molecule has 2 heterocycles. The zero-order valence-corrected chi connectivity index (χ0v) is 17.6. The Bertz CT molecular complexity index is 831. The molecule has 0 bridgehead atoms. The van der Waals surface area contributed by atoms with Gasteiger partial charge >= 0.3 is 0 Å². The number of hydrogen-bond donors (Lipinski definition) is 0. The van der Waals surface area contributed by atoms with Gasteiger partial charge in [0, 0.05) is 38.0 Å². The lowest BCUT2D eigenvalue weighted by Gasteiger charge is -2.32.